The van der Waals surface area contributed by atoms with Crippen LogP contribution in [0, 0.1) is 0 Å². The minimum Gasteiger partial charge on any atom is -0.508 e. The van der Waals surface area contributed by atoms with Gasteiger partial charge in [-0.3, -0.25) is 9.59 Å². The number of ether oxygens (including phenoxy) is 4. The molecule has 44 heavy (non-hydrogen) atoms. The number of aromatic hydroxyl groups is 3. The fourth-order valence-electron chi connectivity index (χ4n) is 5.33. The first kappa shape index (κ1) is 31.6. The second-order valence-corrected chi connectivity index (χ2v) is 10.7. The number of carbonyl (C=O) groups is 1. The molecule has 0 radical (unpaired) electrons. The van der Waals surface area contributed by atoms with E-state index in [9.17, 15) is 50.4 Å². The van der Waals surface area contributed by atoms with Crippen LogP contribution in [0.4, 0.5) is 0 Å². The highest BCUT2D eigenvalue weighted by Gasteiger charge is 2.51. The molecule has 15 nitrogen and oxygen atoms in total. The molecule has 15 heteroatoms. The molecule has 4 unspecified atom stereocenters. The van der Waals surface area contributed by atoms with Gasteiger partial charge in [0.05, 0.1) is 11.7 Å². The van der Waals surface area contributed by atoms with Gasteiger partial charge in [-0.15, -0.1) is 0 Å². The highest BCUT2D eigenvalue weighted by Crippen LogP contribution is 2.44. The molecule has 2 aliphatic rings. The van der Waals surface area contributed by atoms with E-state index < -0.39 is 96.3 Å². The third kappa shape index (κ3) is 5.83. The first-order chi connectivity index (χ1) is 20.8. The Morgan fingerprint density at radius 3 is 2.20 bits per heavy atom. The van der Waals surface area contributed by atoms with Gasteiger partial charge in [0.15, 0.2) is 17.3 Å². The van der Waals surface area contributed by atoms with Crippen molar-refractivity contribution in [3.63, 3.8) is 0 Å². The van der Waals surface area contributed by atoms with Crippen LogP contribution in [0.25, 0.3) is 22.3 Å². The van der Waals surface area contributed by atoms with Crippen molar-refractivity contribution in [3.8, 4) is 28.6 Å². The summed E-state index contributed by atoms with van der Waals surface area (Å²) in [5, 5.41) is 83.9. The predicted molar refractivity (Wildman–Crippen MR) is 146 cm³/mol. The lowest BCUT2D eigenvalue weighted by Crippen LogP contribution is -2.62. The fraction of sp³-hybridized carbons (Fsp3) is 0.448. The van der Waals surface area contributed by atoms with Crippen molar-refractivity contribution in [1.82, 2.24) is 0 Å². The molecule has 2 fully saturated rings. The summed E-state index contributed by atoms with van der Waals surface area (Å²) in [5.74, 6) is -2.15. The normalized spacial score (nSPS) is 32.4. The number of aliphatic hydroxyl groups excluding tert-OH is 5. The maximum Gasteiger partial charge on any atom is 0.302 e. The number of phenols is 3. The van der Waals surface area contributed by atoms with Gasteiger partial charge in [-0.25, -0.2) is 0 Å². The van der Waals surface area contributed by atoms with Gasteiger partial charge < -0.3 is 64.2 Å². The van der Waals surface area contributed by atoms with Gasteiger partial charge >= 0.3 is 5.97 Å². The van der Waals surface area contributed by atoms with E-state index >= 15 is 0 Å². The molecule has 238 valence electrons. The minimum absolute atomic E-state index is 0.0319. The zero-order valence-electron chi connectivity index (χ0n) is 23.4. The maximum atomic E-state index is 13.1. The molecule has 0 aliphatic carbocycles. The third-order valence-corrected chi connectivity index (χ3v) is 7.67. The average Bonchev–Trinajstić information content (AvgIpc) is 2.97. The minimum atomic E-state index is -1.93. The lowest BCUT2D eigenvalue weighted by molar-refractivity contribution is -0.338. The largest absolute Gasteiger partial charge is 0.508 e. The number of rotatable bonds is 6. The number of fused-ring (bicyclic) bond motifs is 1. The number of benzene rings is 2. The summed E-state index contributed by atoms with van der Waals surface area (Å²) in [5.41, 5.74) is -1.12. The summed E-state index contributed by atoms with van der Waals surface area (Å²) in [6.07, 6.45) is -16.0. The van der Waals surface area contributed by atoms with Gasteiger partial charge in [0.25, 0.3) is 0 Å². The average molecular weight is 621 g/mol. The fourth-order valence-corrected chi connectivity index (χ4v) is 5.33. The summed E-state index contributed by atoms with van der Waals surface area (Å²) in [6, 6.07) is 7.51. The van der Waals surface area contributed by atoms with E-state index in [1.807, 2.05) is 0 Å². The van der Waals surface area contributed by atoms with Crippen molar-refractivity contribution >= 4 is 16.9 Å². The molecule has 0 saturated carbocycles. The van der Waals surface area contributed by atoms with E-state index in [1.54, 1.807) is 0 Å². The van der Waals surface area contributed by atoms with Crippen molar-refractivity contribution in [2.45, 2.75) is 75.1 Å². The Kier molecular flexibility index (Phi) is 8.84. The lowest BCUT2D eigenvalue weighted by atomic mass is 9.89. The van der Waals surface area contributed by atoms with Gasteiger partial charge in [0.1, 0.15) is 83.8 Å². The van der Waals surface area contributed by atoms with Crippen LogP contribution < -0.4 is 5.43 Å². The highest BCUT2D eigenvalue weighted by atomic mass is 16.7. The molecule has 10 atom stereocenters. The van der Waals surface area contributed by atoms with E-state index in [2.05, 4.69) is 0 Å². The molecule has 0 spiro atoms. The Balaban J connectivity index is 1.57. The number of hydrogen-bond acceptors (Lipinski definition) is 15. The number of esters is 1. The first-order valence-electron chi connectivity index (χ1n) is 13.6. The SMILES string of the molecule is CC(=O)OC[C@@H]1O[C@@H](c2c(O)cc(O)c3c(=O)cc(-c4ccc(O)cc4)oc23)C(O)C(O)[C@@H]1O[C@@H]1O[C@@H](C)[C@H](O)C(O)C1O. The van der Waals surface area contributed by atoms with Gasteiger partial charge in [0, 0.05) is 24.6 Å². The molecular formula is C29H32O15. The van der Waals surface area contributed by atoms with Crippen LogP contribution in [-0.2, 0) is 23.7 Å². The second kappa shape index (κ2) is 12.3. The zero-order valence-corrected chi connectivity index (χ0v) is 23.4. The topological polar surface area (TPSA) is 246 Å². The summed E-state index contributed by atoms with van der Waals surface area (Å²) >= 11 is 0. The molecule has 5 rings (SSSR count). The molecule has 0 bridgehead atoms. The van der Waals surface area contributed by atoms with Crippen molar-refractivity contribution < 1.29 is 69.0 Å². The molecule has 8 N–H and O–H groups in total. The summed E-state index contributed by atoms with van der Waals surface area (Å²) in [4.78, 5) is 24.8. The number of hydrogen-bond donors (Lipinski definition) is 8. The quantitative estimate of drug-likeness (QED) is 0.162. The van der Waals surface area contributed by atoms with E-state index in [0.29, 0.717) is 5.56 Å². The third-order valence-electron chi connectivity index (χ3n) is 7.67. The second-order valence-electron chi connectivity index (χ2n) is 10.7. The zero-order chi connectivity index (χ0) is 32.0. The molecular weight excluding hydrogens is 588 g/mol. The van der Waals surface area contributed by atoms with Crippen LogP contribution in [0.5, 0.6) is 17.2 Å². The Labute approximate surface area is 248 Å². The number of aliphatic hydroxyl groups is 5. The van der Waals surface area contributed by atoms with Crippen LogP contribution in [0.1, 0.15) is 25.5 Å². The van der Waals surface area contributed by atoms with Crippen molar-refractivity contribution in [2.75, 3.05) is 6.61 Å². The standard InChI is InChI=1S/C29H32O15/c1-10-21(35)22(36)25(39)29(41-10)44-26-18(9-40-11(2)30)43-28(24(38)23(26)37)20-15(33)7-14(32)19-16(34)8-17(42-27(19)20)12-3-5-13(31)6-4-12/h3-8,10,18,21-26,28-29,31-33,35-39H,9H2,1-2H3/t10-,18-,21-,22?,23?,24?,25?,26+,28-,29-/m0/s1. The smallest absolute Gasteiger partial charge is 0.302 e. The van der Waals surface area contributed by atoms with E-state index in [0.717, 1.165) is 19.1 Å². The molecule has 2 aromatic carbocycles. The Bertz CT molecular complexity index is 1570. The Hall–Kier alpha value is -3.80. The summed E-state index contributed by atoms with van der Waals surface area (Å²) in [6.45, 7) is 1.95. The van der Waals surface area contributed by atoms with Crippen LogP contribution >= 0.6 is 0 Å². The van der Waals surface area contributed by atoms with Gasteiger partial charge in [-0.05, 0) is 31.2 Å². The van der Waals surface area contributed by atoms with E-state index in [4.69, 9.17) is 23.4 Å². The molecule has 0 amide bonds. The van der Waals surface area contributed by atoms with Gasteiger partial charge in [-0.2, -0.15) is 0 Å². The Morgan fingerprint density at radius 2 is 1.55 bits per heavy atom. The molecule has 3 aromatic rings. The molecule has 2 aliphatic heterocycles. The molecule has 3 heterocycles. The maximum absolute atomic E-state index is 13.1. The molecule has 1 aromatic heterocycles. The lowest BCUT2D eigenvalue weighted by Gasteiger charge is -2.46. The van der Waals surface area contributed by atoms with Crippen LogP contribution in [-0.4, -0.2) is 109 Å². The van der Waals surface area contributed by atoms with Crippen molar-refractivity contribution in [3.05, 3.63) is 52.2 Å². The van der Waals surface area contributed by atoms with Crippen molar-refractivity contribution in [2.24, 2.45) is 0 Å². The highest BCUT2D eigenvalue weighted by molar-refractivity contribution is 5.89. The number of phenolic OH excluding ortho intramolecular Hbond substituents is 3. The summed E-state index contributed by atoms with van der Waals surface area (Å²) < 4.78 is 28.2. The van der Waals surface area contributed by atoms with Crippen LogP contribution in [0.15, 0.2) is 45.6 Å². The monoisotopic (exact) mass is 620 g/mol. The van der Waals surface area contributed by atoms with E-state index in [1.165, 1.54) is 31.2 Å². The predicted octanol–water partition coefficient (Wildman–Crippen LogP) is -0.486. The van der Waals surface area contributed by atoms with Crippen LogP contribution in [0.3, 0.4) is 0 Å². The van der Waals surface area contributed by atoms with E-state index in [-0.39, 0.29) is 22.5 Å². The van der Waals surface area contributed by atoms with Crippen LogP contribution in [0.2, 0.25) is 0 Å². The van der Waals surface area contributed by atoms with Gasteiger partial charge in [-0.1, -0.05) is 0 Å². The molecule has 2 saturated heterocycles. The van der Waals surface area contributed by atoms with Gasteiger partial charge in [0.2, 0.25) is 0 Å². The Morgan fingerprint density at radius 1 is 0.864 bits per heavy atom. The van der Waals surface area contributed by atoms with Crippen molar-refractivity contribution in [1.29, 1.82) is 0 Å². The summed E-state index contributed by atoms with van der Waals surface area (Å²) in [7, 11) is 0. The first-order valence-corrected chi connectivity index (χ1v) is 13.6. The number of carbonyl (C=O) groups excluding carboxylic acids is 1.